The number of amides is 2. The van der Waals surface area contributed by atoms with Crippen LogP contribution in [0.1, 0.15) is 5.82 Å². The third kappa shape index (κ3) is 5.10. The lowest BCUT2D eigenvalue weighted by atomic mass is 10.0. The highest BCUT2D eigenvalue weighted by Crippen LogP contribution is 2.40. The highest BCUT2D eigenvalue weighted by Gasteiger charge is 2.54. The van der Waals surface area contributed by atoms with Gasteiger partial charge >= 0.3 is 11.9 Å². The second-order valence-corrected chi connectivity index (χ2v) is 8.68. The number of nitrogen functional groups attached to an aromatic ring is 1. The smallest absolute Gasteiger partial charge is 0.352 e. The van der Waals surface area contributed by atoms with Crippen LogP contribution in [0.5, 0.6) is 0 Å². The van der Waals surface area contributed by atoms with Crippen molar-refractivity contribution < 1.29 is 38.8 Å². The van der Waals surface area contributed by atoms with Crippen molar-refractivity contribution in [3.63, 3.8) is 0 Å². The number of nitrogens with two attached hydrogens (primary N) is 1. The van der Waals surface area contributed by atoms with Crippen LogP contribution in [0, 0.1) is 0 Å². The van der Waals surface area contributed by atoms with E-state index in [4.69, 9.17) is 10.8 Å². The molecule has 0 radical (unpaired) electrons. The van der Waals surface area contributed by atoms with Gasteiger partial charge in [0.2, 0.25) is 12.3 Å². The number of nitrogens with zero attached hydrogens (tertiary/aromatic N) is 5. The molecule has 4 rings (SSSR count). The molecule has 0 saturated carbocycles. The average Bonchev–Trinajstić information content (AvgIpc) is 2.85. The number of pyridine rings is 1. The van der Waals surface area contributed by atoms with Crippen LogP contribution in [0.3, 0.4) is 0 Å². The molecule has 2 amide bonds. The minimum absolute atomic E-state index is 0.0209. The number of β-lactam (4-membered cyclic amide) rings is 1. The zero-order valence-electron chi connectivity index (χ0n) is 18.5. The summed E-state index contributed by atoms with van der Waals surface area (Å²) in [5, 5.41) is 23.9. The number of thioether (sulfide) groups is 1. The summed E-state index contributed by atoms with van der Waals surface area (Å²) in [5.41, 5.74) is 5.57. The van der Waals surface area contributed by atoms with Crippen LogP contribution in [0.25, 0.3) is 0 Å². The number of carboxylic acid groups (broad SMARTS) is 2. The van der Waals surface area contributed by atoms with E-state index < -0.39 is 47.5 Å². The lowest BCUT2D eigenvalue weighted by Crippen LogP contribution is -2.71. The third-order valence-corrected chi connectivity index (χ3v) is 6.47. The fraction of sp³-hybridized carbons (Fsp3) is 0.238. The van der Waals surface area contributed by atoms with E-state index in [1.54, 1.807) is 17.0 Å². The monoisotopic (exact) mass is 514 g/mol. The SMILES string of the molecule is Nc1ccnc(C(=NOCC(=O)O)C(=O)NC2C(=O)N3C(C(=O)O)=C(C[n+]4ccccc4)CS[C@@H]23)n1. The molecule has 1 saturated heterocycles. The molecular weight excluding hydrogens is 494 g/mol. The fourth-order valence-electron chi connectivity index (χ4n) is 3.60. The summed E-state index contributed by atoms with van der Waals surface area (Å²) >= 11 is 1.30. The first-order valence-electron chi connectivity index (χ1n) is 10.4. The normalized spacial score (nSPS) is 19.3. The van der Waals surface area contributed by atoms with Gasteiger partial charge in [-0.15, -0.1) is 11.8 Å². The van der Waals surface area contributed by atoms with Gasteiger partial charge in [0.1, 0.15) is 22.9 Å². The van der Waals surface area contributed by atoms with E-state index in [1.807, 2.05) is 18.2 Å². The molecule has 4 heterocycles. The topological polar surface area (TPSA) is 201 Å². The Balaban J connectivity index is 1.54. The lowest BCUT2D eigenvalue weighted by Gasteiger charge is -2.49. The van der Waals surface area contributed by atoms with E-state index in [0.717, 1.165) is 4.90 Å². The summed E-state index contributed by atoms with van der Waals surface area (Å²) < 4.78 is 1.80. The maximum absolute atomic E-state index is 13.0. The Kier molecular flexibility index (Phi) is 7.10. The van der Waals surface area contributed by atoms with Crippen molar-refractivity contribution in [1.82, 2.24) is 20.2 Å². The average molecular weight is 515 g/mol. The lowest BCUT2D eigenvalue weighted by molar-refractivity contribution is -0.689. The Morgan fingerprint density at radius 2 is 2.03 bits per heavy atom. The maximum atomic E-state index is 13.0. The van der Waals surface area contributed by atoms with Crippen LogP contribution in [0.2, 0.25) is 0 Å². The standard InChI is InChI=1S/C21H19N7O7S/c22-12-4-5-23-17(24-12)14(26-35-9-13(29)30)18(31)25-15-19(32)28-16(21(33)34)11(10-36-20(15)28)8-27-6-2-1-3-7-27/h1-7,15,20H,8-10H2,(H4-,22,23,24,25,29,30,31,33,34)/p+1/t15?,20-/m0/s1. The molecule has 2 aliphatic heterocycles. The molecule has 186 valence electrons. The Labute approximate surface area is 207 Å². The first-order chi connectivity index (χ1) is 17.3. The molecule has 2 aliphatic rings. The number of rotatable bonds is 9. The number of fused-ring (bicyclic) bond motifs is 1. The molecule has 1 fully saturated rings. The first-order valence-corrected chi connectivity index (χ1v) is 11.5. The highest BCUT2D eigenvalue weighted by atomic mass is 32.2. The van der Waals surface area contributed by atoms with Gasteiger partial charge in [0.05, 0.1) is 0 Å². The minimum Gasteiger partial charge on any atom is -0.479 e. The number of aliphatic carboxylic acids is 2. The largest absolute Gasteiger partial charge is 0.479 e. The van der Waals surface area contributed by atoms with E-state index in [9.17, 15) is 24.3 Å². The van der Waals surface area contributed by atoms with E-state index in [0.29, 0.717) is 11.3 Å². The van der Waals surface area contributed by atoms with E-state index in [1.165, 1.54) is 24.0 Å². The number of hydrogen-bond acceptors (Lipinski definition) is 10. The Morgan fingerprint density at radius 3 is 2.69 bits per heavy atom. The molecule has 0 bridgehead atoms. The van der Waals surface area contributed by atoms with Gasteiger partial charge in [-0.25, -0.2) is 24.1 Å². The van der Waals surface area contributed by atoms with Crippen LogP contribution < -0.4 is 15.6 Å². The molecule has 0 spiro atoms. The van der Waals surface area contributed by atoms with Crippen molar-refractivity contribution in [2.24, 2.45) is 5.16 Å². The summed E-state index contributed by atoms with van der Waals surface area (Å²) in [6.45, 7) is -0.545. The molecule has 2 aromatic rings. The van der Waals surface area contributed by atoms with Gasteiger partial charge in [-0.2, -0.15) is 0 Å². The zero-order valence-corrected chi connectivity index (χ0v) is 19.3. The number of carbonyl (C=O) groups is 4. The van der Waals surface area contributed by atoms with Gasteiger partial charge in [0, 0.05) is 29.7 Å². The van der Waals surface area contributed by atoms with Gasteiger partial charge < -0.3 is 26.1 Å². The second-order valence-electron chi connectivity index (χ2n) is 7.58. The molecule has 36 heavy (non-hydrogen) atoms. The number of hydrogen-bond donors (Lipinski definition) is 4. The number of carbonyl (C=O) groups excluding carboxylic acids is 2. The Morgan fingerprint density at radius 1 is 1.28 bits per heavy atom. The Bertz CT molecular complexity index is 1280. The van der Waals surface area contributed by atoms with Gasteiger partial charge in [-0.3, -0.25) is 14.5 Å². The van der Waals surface area contributed by atoms with E-state index in [2.05, 4.69) is 25.3 Å². The van der Waals surface area contributed by atoms with Crippen molar-refractivity contribution in [2.45, 2.75) is 18.0 Å². The van der Waals surface area contributed by atoms with Gasteiger partial charge in [0.25, 0.3) is 11.8 Å². The van der Waals surface area contributed by atoms with Crippen LogP contribution in [-0.4, -0.2) is 78.3 Å². The summed E-state index contributed by atoms with van der Waals surface area (Å²) in [6, 6.07) is 5.76. The predicted octanol–water partition coefficient (Wildman–Crippen LogP) is -1.41. The molecule has 14 nitrogen and oxygen atoms in total. The van der Waals surface area contributed by atoms with Crippen molar-refractivity contribution in [1.29, 1.82) is 0 Å². The van der Waals surface area contributed by atoms with Crippen LogP contribution in [0.4, 0.5) is 5.82 Å². The van der Waals surface area contributed by atoms with Crippen LogP contribution in [-0.2, 0) is 30.6 Å². The van der Waals surface area contributed by atoms with Crippen LogP contribution in [0.15, 0.2) is 59.3 Å². The molecule has 2 atom stereocenters. The number of anilines is 1. The summed E-state index contributed by atoms with van der Waals surface area (Å²) in [5.74, 6) is -4.01. The van der Waals surface area contributed by atoms with Crippen molar-refractivity contribution >= 4 is 47.0 Å². The van der Waals surface area contributed by atoms with Gasteiger partial charge in [0.15, 0.2) is 24.8 Å². The van der Waals surface area contributed by atoms with Crippen LogP contribution >= 0.6 is 11.8 Å². The molecule has 2 aromatic heterocycles. The Hall–Kier alpha value is -4.53. The zero-order chi connectivity index (χ0) is 25.8. The third-order valence-electron chi connectivity index (χ3n) is 5.14. The minimum atomic E-state index is -1.33. The molecule has 1 unspecified atom stereocenters. The first kappa shape index (κ1) is 24.6. The summed E-state index contributed by atoms with van der Waals surface area (Å²) in [4.78, 5) is 62.3. The summed E-state index contributed by atoms with van der Waals surface area (Å²) in [6.07, 6.45) is 4.84. The van der Waals surface area contributed by atoms with Crippen molar-refractivity contribution in [2.75, 3.05) is 18.1 Å². The quantitative estimate of drug-likeness (QED) is 0.133. The number of oxime groups is 1. The van der Waals surface area contributed by atoms with Gasteiger partial charge in [-0.1, -0.05) is 11.2 Å². The summed E-state index contributed by atoms with van der Waals surface area (Å²) in [7, 11) is 0. The maximum Gasteiger partial charge on any atom is 0.352 e. The number of carboxylic acids is 2. The molecule has 0 aromatic carbocycles. The highest BCUT2D eigenvalue weighted by molar-refractivity contribution is 8.00. The number of aromatic nitrogens is 3. The second kappa shape index (κ2) is 10.4. The van der Waals surface area contributed by atoms with E-state index >= 15 is 0 Å². The molecule has 0 aliphatic carbocycles. The van der Waals surface area contributed by atoms with E-state index in [-0.39, 0.29) is 23.9 Å². The molecule has 5 N–H and O–H groups in total. The number of nitrogens with one attached hydrogen (secondary N) is 1. The molecular formula is C21H20N7O7S+. The van der Waals surface area contributed by atoms with Crippen molar-refractivity contribution in [3.05, 3.63) is 60.0 Å². The molecule has 15 heteroatoms. The fourth-order valence-corrected chi connectivity index (χ4v) is 4.93. The van der Waals surface area contributed by atoms with Gasteiger partial charge in [-0.05, 0) is 6.07 Å². The predicted molar refractivity (Wildman–Crippen MR) is 123 cm³/mol. The van der Waals surface area contributed by atoms with Crippen molar-refractivity contribution in [3.8, 4) is 0 Å².